The van der Waals surface area contributed by atoms with Crippen LogP contribution in [0.4, 0.5) is 0 Å². The summed E-state index contributed by atoms with van der Waals surface area (Å²) in [5.41, 5.74) is 6.83. The van der Waals surface area contributed by atoms with Crippen molar-refractivity contribution in [3.05, 3.63) is 17.0 Å². The molecule has 0 aliphatic heterocycles. The zero-order valence-corrected chi connectivity index (χ0v) is 11.9. The highest BCUT2D eigenvalue weighted by molar-refractivity contribution is 5.96. The molecule has 102 valence electrons. The predicted molar refractivity (Wildman–Crippen MR) is 70.4 cm³/mol. The summed E-state index contributed by atoms with van der Waals surface area (Å²) in [4.78, 5) is 14.1. The van der Waals surface area contributed by atoms with E-state index >= 15 is 0 Å². The molecule has 18 heavy (non-hydrogen) atoms. The van der Waals surface area contributed by atoms with E-state index in [2.05, 4.69) is 5.16 Å². The predicted octanol–water partition coefficient (Wildman–Crippen LogP) is 1.60. The smallest absolute Gasteiger partial charge is 0.259 e. The molecule has 0 atom stereocenters. The van der Waals surface area contributed by atoms with Gasteiger partial charge in [-0.25, -0.2) is 0 Å². The monoisotopic (exact) mass is 253 g/mol. The molecule has 1 aromatic heterocycles. The standard InChI is InChI=1S/C13H23N3O2/c1-6-10-11(9(2)15-18-10)12(17)16(5)8-13(3,4)7-14/h6-8,14H2,1-5H3. The molecule has 0 saturated carbocycles. The second-order valence-corrected chi connectivity index (χ2v) is 5.45. The van der Waals surface area contributed by atoms with Crippen LogP contribution in [0.5, 0.6) is 0 Å². The summed E-state index contributed by atoms with van der Waals surface area (Å²) in [7, 11) is 1.78. The zero-order chi connectivity index (χ0) is 13.9. The molecule has 0 aliphatic carbocycles. The van der Waals surface area contributed by atoms with E-state index in [1.54, 1.807) is 18.9 Å². The number of aryl methyl sites for hydroxylation is 2. The summed E-state index contributed by atoms with van der Waals surface area (Å²) < 4.78 is 5.15. The minimum atomic E-state index is -0.0954. The Morgan fingerprint density at radius 1 is 1.50 bits per heavy atom. The largest absolute Gasteiger partial charge is 0.360 e. The first kappa shape index (κ1) is 14.7. The lowest BCUT2D eigenvalue weighted by molar-refractivity contribution is 0.0737. The Kier molecular flexibility index (Phi) is 4.51. The molecule has 1 aromatic rings. The number of rotatable bonds is 5. The van der Waals surface area contributed by atoms with Crippen LogP contribution in [-0.4, -0.2) is 36.1 Å². The summed E-state index contributed by atoms with van der Waals surface area (Å²) in [5.74, 6) is 0.599. The maximum Gasteiger partial charge on any atom is 0.259 e. The molecule has 0 aromatic carbocycles. The minimum absolute atomic E-state index is 0.0490. The van der Waals surface area contributed by atoms with Crippen molar-refractivity contribution in [2.24, 2.45) is 11.1 Å². The second-order valence-electron chi connectivity index (χ2n) is 5.45. The second kappa shape index (κ2) is 5.52. The molecule has 0 bridgehead atoms. The average molecular weight is 253 g/mol. The van der Waals surface area contributed by atoms with Crippen LogP contribution in [0.3, 0.4) is 0 Å². The summed E-state index contributed by atoms with van der Waals surface area (Å²) in [6.07, 6.45) is 0.663. The first-order valence-electron chi connectivity index (χ1n) is 6.23. The molecule has 1 amide bonds. The topological polar surface area (TPSA) is 72.4 Å². The lowest BCUT2D eigenvalue weighted by atomic mass is 9.93. The number of hydrogen-bond acceptors (Lipinski definition) is 4. The van der Waals surface area contributed by atoms with Crippen molar-refractivity contribution in [2.75, 3.05) is 20.1 Å². The van der Waals surface area contributed by atoms with Crippen molar-refractivity contribution < 1.29 is 9.32 Å². The normalized spacial score (nSPS) is 11.7. The van der Waals surface area contributed by atoms with Crippen LogP contribution < -0.4 is 5.73 Å². The van der Waals surface area contributed by atoms with Crippen molar-refractivity contribution in [3.63, 3.8) is 0 Å². The van der Waals surface area contributed by atoms with Gasteiger partial charge >= 0.3 is 0 Å². The van der Waals surface area contributed by atoms with Gasteiger partial charge in [0.1, 0.15) is 11.3 Å². The summed E-state index contributed by atoms with van der Waals surface area (Å²) >= 11 is 0. The fraction of sp³-hybridized carbons (Fsp3) is 0.692. The van der Waals surface area contributed by atoms with E-state index in [1.807, 2.05) is 20.8 Å². The van der Waals surface area contributed by atoms with E-state index < -0.39 is 0 Å². The number of hydrogen-bond donors (Lipinski definition) is 1. The van der Waals surface area contributed by atoms with E-state index in [1.165, 1.54) is 0 Å². The fourth-order valence-electron chi connectivity index (χ4n) is 1.90. The average Bonchev–Trinajstić information content (AvgIpc) is 2.68. The van der Waals surface area contributed by atoms with Crippen molar-refractivity contribution in [2.45, 2.75) is 34.1 Å². The van der Waals surface area contributed by atoms with Crippen LogP contribution in [-0.2, 0) is 6.42 Å². The van der Waals surface area contributed by atoms with Gasteiger partial charge in [0.15, 0.2) is 0 Å². The van der Waals surface area contributed by atoms with Gasteiger partial charge in [-0.15, -0.1) is 0 Å². The molecule has 0 saturated heterocycles. The molecule has 0 radical (unpaired) electrons. The Labute approximate surface area is 108 Å². The highest BCUT2D eigenvalue weighted by Gasteiger charge is 2.26. The number of amides is 1. The third-order valence-electron chi connectivity index (χ3n) is 3.03. The van der Waals surface area contributed by atoms with Gasteiger partial charge in [0.05, 0.1) is 5.69 Å². The molecule has 0 aliphatic rings. The van der Waals surface area contributed by atoms with Gasteiger partial charge in [-0.1, -0.05) is 25.9 Å². The van der Waals surface area contributed by atoms with E-state index in [9.17, 15) is 4.79 Å². The maximum atomic E-state index is 12.4. The summed E-state index contributed by atoms with van der Waals surface area (Å²) in [6, 6.07) is 0. The molecular formula is C13H23N3O2. The Morgan fingerprint density at radius 3 is 2.61 bits per heavy atom. The van der Waals surface area contributed by atoms with Gasteiger partial charge in [-0.3, -0.25) is 4.79 Å². The number of carbonyl (C=O) groups is 1. The van der Waals surface area contributed by atoms with E-state index in [4.69, 9.17) is 10.3 Å². The highest BCUT2D eigenvalue weighted by atomic mass is 16.5. The molecule has 0 spiro atoms. The minimum Gasteiger partial charge on any atom is -0.360 e. The van der Waals surface area contributed by atoms with Crippen LogP contribution in [0.25, 0.3) is 0 Å². The number of carbonyl (C=O) groups excluding carboxylic acids is 1. The fourth-order valence-corrected chi connectivity index (χ4v) is 1.90. The summed E-state index contributed by atoms with van der Waals surface area (Å²) in [6.45, 7) is 8.96. The van der Waals surface area contributed by atoms with Crippen molar-refractivity contribution in [1.82, 2.24) is 10.1 Å². The SMILES string of the molecule is CCc1onc(C)c1C(=O)N(C)CC(C)(C)CN. The van der Waals surface area contributed by atoms with Crippen LogP contribution in [0.1, 0.15) is 42.6 Å². The zero-order valence-electron chi connectivity index (χ0n) is 11.9. The first-order chi connectivity index (χ1) is 8.32. The lowest BCUT2D eigenvalue weighted by Gasteiger charge is -2.29. The molecule has 1 rings (SSSR count). The van der Waals surface area contributed by atoms with Crippen LogP contribution >= 0.6 is 0 Å². The Bertz CT molecular complexity index is 424. The quantitative estimate of drug-likeness (QED) is 0.865. The highest BCUT2D eigenvalue weighted by Crippen LogP contribution is 2.19. The van der Waals surface area contributed by atoms with Gasteiger partial charge < -0.3 is 15.2 Å². The van der Waals surface area contributed by atoms with Crippen molar-refractivity contribution in [1.29, 1.82) is 0 Å². The van der Waals surface area contributed by atoms with Crippen molar-refractivity contribution >= 4 is 5.91 Å². The van der Waals surface area contributed by atoms with Gasteiger partial charge in [0.2, 0.25) is 0 Å². The lowest BCUT2D eigenvalue weighted by Crippen LogP contribution is -2.40. The molecular weight excluding hydrogens is 230 g/mol. The molecule has 2 N–H and O–H groups in total. The third-order valence-corrected chi connectivity index (χ3v) is 3.03. The van der Waals surface area contributed by atoms with Gasteiger partial charge in [0, 0.05) is 20.0 Å². The van der Waals surface area contributed by atoms with Gasteiger partial charge in [0.25, 0.3) is 5.91 Å². The van der Waals surface area contributed by atoms with E-state index in [-0.39, 0.29) is 11.3 Å². The van der Waals surface area contributed by atoms with Gasteiger partial charge in [-0.05, 0) is 18.9 Å². The molecule has 1 heterocycles. The number of nitrogens with zero attached hydrogens (tertiary/aromatic N) is 2. The molecule has 5 heteroatoms. The molecule has 0 fully saturated rings. The maximum absolute atomic E-state index is 12.4. The Balaban J connectivity index is 2.90. The summed E-state index contributed by atoms with van der Waals surface area (Å²) in [5, 5.41) is 3.86. The first-order valence-corrected chi connectivity index (χ1v) is 6.23. The molecule has 5 nitrogen and oxygen atoms in total. The van der Waals surface area contributed by atoms with E-state index in [0.717, 1.165) is 0 Å². The number of nitrogens with two attached hydrogens (primary N) is 1. The third kappa shape index (κ3) is 3.10. The Morgan fingerprint density at radius 2 is 2.11 bits per heavy atom. The van der Waals surface area contributed by atoms with E-state index in [0.29, 0.717) is 36.5 Å². The van der Waals surface area contributed by atoms with Gasteiger partial charge in [-0.2, -0.15) is 0 Å². The van der Waals surface area contributed by atoms with Crippen LogP contribution in [0.15, 0.2) is 4.52 Å². The van der Waals surface area contributed by atoms with Crippen LogP contribution in [0.2, 0.25) is 0 Å². The van der Waals surface area contributed by atoms with Crippen molar-refractivity contribution in [3.8, 4) is 0 Å². The Hall–Kier alpha value is -1.36. The van der Waals surface area contributed by atoms with Crippen LogP contribution in [0, 0.1) is 12.3 Å². The molecule has 0 unspecified atom stereocenters. The number of aromatic nitrogens is 1.